The first-order chi connectivity index (χ1) is 19.9. The molecule has 2 aliphatic rings. The summed E-state index contributed by atoms with van der Waals surface area (Å²) in [5.41, 5.74) is 12.3. The maximum Gasteiger partial charge on any atom is 0.134 e. The third kappa shape index (κ3) is 3.40. The number of nitrogens with zero attached hydrogens (tertiary/aromatic N) is 1. The van der Waals surface area contributed by atoms with Crippen LogP contribution in [0.15, 0.2) is 127 Å². The van der Waals surface area contributed by atoms with Gasteiger partial charge in [-0.25, -0.2) is 0 Å². The van der Waals surface area contributed by atoms with E-state index in [1.807, 2.05) is 0 Å². The number of hydrogen-bond acceptors (Lipinski definition) is 0. The van der Waals surface area contributed by atoms with Crippen LogP contribution >= 0.6 is 0 Å². The van der Waals surface area contributed by atoms with Gasteiger partial charge < -0.3 is 4.57 Å². The molecule has 0 amide bonds. The van der Waals surface area contributed by atoms with Crippen LogP contribution in [0.25, 0.3) is 50.2 Å². The summed E-state index contributed by atoms with van der Waals surface area (Å²) in [4.78, 5) is 0. The topological polar surface area (TPSA) is 4.93 Å². The fourth-order valence-electron chi connectivity index (χ4n) is 7.62. The van der Waals surface area contributed by atoms with Crippen LogP contribution in [-0.2, 0) is 0 Å². The van der Waals surface area contributed by atoms with Crippen molar-refractivity contribution in [3.05, 3.63) is 127 Å². The lowest BCUT2D eigenvalue weighted by Gasteiger charge is -2.28. The lowest BCUT2D eigenvalue weighted by molar-refractivity contribution is 1.14. The number of benzene rings is 5. The Hall–Kier alpha value is -4.19. The molecular formula is C38H33NSi2. The molecule has 2 aliphatic heterocycles. The minimum Gasteiger partial charge on any atom is -0.324 e. The molecule has 6 aromatic rings. The van der Waals surface area contributed by atoms with Crippen molar-refractivity contribution in [3.63, 3.8) is 0 Å². The fourth-order valence-corrected chi connectivity index (χ4v) is 14.4. The quantitative estimate of drug-likeness (QED) is 0.199. The van der Waals surface area contributed by atoms with Gasteiger partial charge in [0.05, 0.1) is 0 Å². The van der Waals surface area contributed by atoms with Gasteiger partial charge in [-0.15, -0.1) is 0 Å². The monoisotopic (exact) mass is 559 g/mol. The van der Waals surface area contributed by atoms with E-state index in [1.165, 1.54) is 50.2 Å². The first-order valence-electron chi connectivity index (χ1n) is 14.6. The van der Waals surface area contributed by atoms with Gasteiger partial charge in [-0.1, -0.05) is 135 Å². The average Bonchev–Trinajstić information content (AvgIpc) is 3.58. The van der Waals surface area contributed by atoms with Crippen molar-refractivity contribution in [2.45, 2.75) is 26.2 Å². The standard InChI is InChI=1S/C38H33NSi2/c1-40(2)33-21-13-11-19-31(33)35-36-32-20-12-14-22-34(32)41(3,4)38(36)39(37(35)40)30-24-28(26-15-7-5-8-16-26)23-29(25-30)27-17-9-6-10-18-27/h5-25H,1-4H3. The number of aromatic nitrogens is 1. The molecule has 1 aromatic heterocycles. The van der Waals surface area contributed by atoms with Crippen LogP contribution in [-0.4, -0.2) is 20.7 Å². The Labute approximate surface area is 244 Å². The predicted octanol–water partition coefficient (Wildman–Crippen LogP) is 7.42. The highest BCUT2D eigenvalue weighted by Gasteiger charge is 2.50. The Morgan fingerprint density at radius 3 is 1.24 bits per heavy atom. The Kier molecular flexibility index (Phi) is 5.19. The van der Waals surface area contributed by atoms with Crippen LogP contribution in [0, 0.1) is 0 Å². The molecule has 8 rings (SSSR count). The van der Waals surface area contributed by atoms with E-state index in [0.717, 1.165) is 0 Å². The molecule has 0 unspecified atom stereocenters. The minimum absolute atomic E-state index is 1.26. The minimum atomic E-state index is -1.99. The van der Waals surface area contributed by atoms with E-state index in [4.69, 9.17) is 0 Å². The molecule has 198 valence electrons. The average molecular weight is 560 g/mol. The summed E-state index contributed by atoms with van der Waals surface area (Å²) < 4.78 is 2.77. The largest absolute Gasteiger partial charge is 0.324 e. The van der Waals surface area contributed by atoms with E-state index in [-0.39, 0.29) is 0 Å². The smallest absolute Gasteiger partial charge is 0.134 e. The van der Waals surface area contributed by atoms with Gasteiger partial charge in [0.2, 0.25) is 0 Å². The molecular weight excluding hydrogens is 527 g/mol. The molecule has 0 N–H and O–H groups in total. The van der Waals surface area contributed by atoms with Crippen molar-refractivity contribution in [2.75, 3.05) is 0 Å². The van der Waals surface area contributed by atoms with Gasteiger partial charge in [0.15, 0.2) is 0 Å². The Balaban J connectivity index is 1.52. The maximum absolute atomic E-state index is 2.77. The second-order valence-electron chi connectivity index (χ2n) is 12.6. The van der Waals surface area contributed by atoms with Crippen molar-refractivity contribution in [1.29, 1.82) is 0 Å². The predicted molar refractivity (Wildman–Crippen MR) is 181 cm³/mol. The fraction of sp³-hybridized carbons (Fsp3) is 0.105. The summed E-state index contributed by atoms with van der Waals surface area (Å²) in [6, 6.07) is 47.5. The molecule has 1 nitrogen and oxygen atoms in total. The maximum atomic E-state index is 2.77. The molecule has 0 fully saturated rings. The lowest BCUT2D eigenvalue weighted by atomic mass is 9.98. The van der Waals surface area contributed by atoms with Crippen LogP contribution in [0.3, 0.4) is 0 Å². The van der Waals surface area contributed by atoms with E-state index in [2.05, 4.69) is 158 Å². The molecule has 0 saturated heterocycles. The van der Waals surface area contributed by atoms with Crippen LogP contribution in [0.4, 0.5) is 0 Å². The molecule has 0 saturated carbocycles. The highest BCUT2D eigenvalue weighted by atomic mass is 28.3. The molecule has 3 heterocycles. The van der Waals surface area contributed by atoms with Crippen molar-refractivity contribution in [1.82, 2.24) is 4.57 Å². The van der Waals surface area contributed by atoms with Gasteiger partial charge in [-0.3, -0.25) is 0 Å². The summed E-state index contributed by atoms with van der Waals surface area (Å²) in [6.07, 6.45) is 0. The normalized spacial score (nSPS) is 15.2. The summed E-state index contributed by atoms with van der Waals surface area (Å²) in [6.45, 7) is 10.2. The number of hydrogen-bond donors (Lipinski definition) is 0. The lowest BCUT2D eigenvalue weighted by Crippen LogP contribution is -2.58. The summed E-state index contributed by atoms with van der Waals surface area (Å²) in [5, 5.41) is 6.27. The van der Waals surface area contributed by atoms with Crippen LogP contribution < -0.4 is 21.0 Å². The van der Waals surface area contributed by atoms with E-state index >= 15 is 0 Å². The number of fused-ring (bicyclic) bond motifs is 7. The molecule has 3 heteroatoms. The van der Waals surface area contributed by atoms with Gasteiger partial charge >= 0.3 is 0 Å². The number of rotatable bonds is 3. The zero-order chi connectivity index (χ0) is 27.9. The molecule has 0 aliphatic carbocycles. The zero-order valence-corrected chi connectivity index (χ0v) is 26.1. The van der Waals surface area contributed by atoms with Gasteiger partial charge in [0.1, 0.15) is 16.1 Å². The van der Waals surface area contributed by atoms with E-state index in [9.17, 15) is 0 Å². The Morgan fingerprint density at radius 2 is 0.805 bits per heavy atom. The SMILES string of the molecule is C[Si]1(C)c2ccccc2-c2c3c(n(-c4cc(-c5ccccc5)cc(-c5ccccc5)c4)c21)[Si](C)(C)c1ccccc1-3. The van der Waals surface area contributed by atoms with E-state index in [1.54, 1.807) is 21.0 Å². The summed E-state index contributed by atoms with van der Waals surface area (Å²) in [7, 11) is -3.99. The van der Waals surface area contributed by atoms with Gasteiger partial charge in [0.25, 0.3) is 0 Å². The third-order valence-electron chi connectivity index (χ3n) is 9.48. The van der Waals surface area contributed by atoms with E-state index in [0.29, 0.717) is 0 Å². The highest BCUT2D eigenvalue weighted by Crippen LogP contribution is 2.42. The van der Waals surface area contributed by atoms with Crippen molar-refractivity contribution in [2.24, 2.45) is 0 Å². The van der Waals surface area contributed by atoms with E-state index < -0.39 is 16.1 Å². The van der Waals surface area contributed by atoms with Crippen LogP contribution in [0.5, 0.6) is 0 Å². The van der Waals surface area contributed by atoms with Crippen molar-refractivity contribution in [3.8, 4) is 50.2 Å². The zero-order valence-electron chi connectivity index (χ0n) is 24.1. The van der Waals surface area contributed by atoms with Gasteiger partial charge in [-0.05, 0) is 62.0 Å². The van der Waals surface area contributed by atoms with Crippen LogP contribution in [0.2, 0.25) is 26.2 Å². The van der Waals surface area contributed by atoms with Crippen molar-refractivity contribution >= 4 is 37.2 Å². The molecule has 5 aromatic carbocycles. The third-order valence-corrected chi connectivity index (χ3v) is 16.4. The highest BCUT2D eigenvalue weighted by molar-refractivity contribution is 7.07. The Morgan fingerprint density at radius 1 is 0.415 bits per heavy atom. The second kappa shape index (κ2) is 8.66. The molecule has 0 bridgehead atoms. The van der Waals surface area contributed by atoms with Crippen LogP contribution in [0.1, 0.15) is 0 Å². The summed E-state index contributed by atoms with van der Waals surface area (Å²) in [5.74, 6) is 0. The van der Waals surface area contributed by atoms with Gasteiger partial charge in [-0.2, -0.15) is 0 Å². The molecule has 0 atom stereocenters. The van der Waals surface area contributed by atoms with Crippen molar-refractivity contribution < 1.29 is 0 Å². The summed E-state index contributed by atoms with van der Waals surface area (Å²) >= 11 is 0. The second-order valence-corrected chi connectivity index (χ2v) is 21.1. The molecule has 0 spiro atoms. The molecule has 41 heavy (non-hydrogen) atoms. The molecule has 0 radical (unpaired) electrons. The first kappa shape index (κ1) is 24.6. The van der Waals surface area contributed by atoms with Gasteiger partial charge in [0, 0.05) is 27.4 Å². The Bertz CT molecular complexity index is 1840. The first-order valence-corrected chi connectivity index (χ1v) is 20.6.